The summed E-state index contributed by atoms with van der Waals surface area (Å²) in [6, 6.07) is 6.58. The Labute approximate surface area is 171 Å². The lowest BCUT2D eigenvalue weighted by atomic mass is 9.69. The summed E-state index contributed by atoms with van der Waals surface area (Å²) in [5.74, 6) is -4.42. The zero-order valence-electron chi connectivity index (χ0n) is 16.4. The van der Waals surface area contributed by atoms with Crippen molar-refractivity contribution >= 4 is 17.6 Å². The van der Waals surface area contributed by atoms with Gasteiger partial charge in [0.15, 0.2) is 0 Å². The van der Waals surface area contributed by atoms with Gasteiger partial charge in [-0.25, -0.2) is 23.1 Å². The number of hydrogen-bond acceptors (Lipinski definition) is 4. The van der Waals surface area contributed by atoms with Gasteiger partial charge in [0.05, 0.1) is 11.6 Å². The third kappa shape index (κ3) is 3.88. The summed E-state index contributed by atoms with van der Waals surface area (Å²) in [4.78, 5) is 35.0. The lowest BCUT2D eigenvalue weighted by molar-refractivity contribution is -0.140. The molecule has 1 aliphatic heterocycles. The van der Waals surface area contributed by atoms with Crippen molar-refractivity contribution in [3.8, 4) is 0 Å². The van der Waals surface area contributed by atoms with Crippen molar-refractivity contribution in [3.05, 3.63) is 53.7 Å². The van der Waals surface area contributed by atoms with Crippen molar-refractivity contribution in [2.75, 3.05) is 11.4 Å². The van der Waals surface area contributed by atoms with Gasteiger partial charge in [0.1, 0.15) is 17.3 Å². The van der Waals surface area contributed by atoms with E-state index in [1.807, 2.05) is 0 Å². The molecule has 0 unspecified atom stereocenters. The van der Waals surface area contributed by atoms with Gasteiger partial charge in [0.2, 0.25) is 5.91 Å². The molecule has 1 spiro atoms. The average Bonchev–Trinajstić information content (AvgIpc) is 2.96. The summed E-state index contributed by atoms with van der Waals surface area (Å²) in [6.45, 7) is 1.95. The molecular formula is C21H21F3N4O2. The second-order valence-corrected chi connectivity index (χ2v) is 8.10. The van der Waals surface area contributed by atoms with Crippen LogP contribution in [0.25, 0.3) is 0 Å². The van der Waals surface area contributed by atoms with Gasteiger partial charge in [-0.05, 0) is 44.0 Å². The van der Waals surface area contributed by atoms with Crippen LogP contribution in [0.15, 0.2) is 36.5 Å². The van der Waals surface area contributed by atoms with Crippen molar-refractivity contribution in [1.29, 1.82) is 0 Å². The van der Waals surface area contributed by atoms with E-state index in [0.29, 0.717) is 5.69 Å². The SMILES string of the molecule is Cc1cccc(C(=O)N[C@@H]2CC(F)(F)C[C@@]3(CCN(c4ccc(F)cn4)C3=O)C2)n1. The second-order valence-electron chi connectivity index (χ2n) is 8.10. The number of alkyl halides is 2. The molecule has 2 atom stereocenters. The number of nitrogens with zero attached hydrogens (tertiary/aromatic N) is 3. The highest BCUT2D eigenvalue weighted by Crippen LogP contribution is 2.51. The van der Waals surface area contributed by atoms with Crippen LogP contribution in [0.2, 0.25) is 0 Å². The molecule has 2 amide bonds. The average molecular weight is 418 g/mol. The number of aryl methyl sites for hydroxylation is 1. The van der Waals surface area contributed by atoms with E-state index in [4.69, 9.17) is 0 Å². The first-order valence-corrected chi connectivity index (χ1v) is 9.73. The molecular weight excluding hydrogens is 397 g/mol. The molecule has 0 bridgehead atoms. The van der Waals surface area contributed by atoms with Crippen LogP contribution in [0.5, 0.6) is 0 Å². The normalized spacial score (nSPS) is 25.5. The number of aromatic nitrogens is 2. The molecule has 6 nitrogen and oxygen atoms in total. The molecule has 2 fully saturated rings. The predicted octanol–water partition coefficient (Wildman–Crippen LogP) is 3.27. The summed E-state index contributed by atoms with van der Waals surface area (Å²) >= 11 is 0. The molecule has 3 heterocycles. The Kier molecular flexibility index (Phi) is 4.99. The highest BCUT2D eigenvalue weighted by molar-refractivity contribution is 5.99. The predicted molar refractivity (Wildman–Crippen MR) is 103 cm³/mol. The number of pyridine rings is 2. The van der Waals surface area contributed by atoms with E-state index >= 15 is 0 Å². The Hall–Kier alpha value is -2.97. The molecule has 2 aromatic rings. The van der Waals surface area contributed by atoms with Crippen LogP contribution in [-0.2, 0) is 4.79 Å². The molecule has 30 heavy (non-hydrogen) atoms. The molecule has 1 saturated heterocycles. The van der Waals surface area contributed by atoms with Crippen LogP contribution in [-0.4, -0.2) is 40.3 Å². The van der Waals surface area contributed by atoms with Crippen LogP contribution in [0, 0.1) is 18.2 Å². The summed E-state index contributed by atoms with van der Waals surface area (Å²) in [7, 11) is 0. The third-order valence-electron chi connectivity index (χ3n) is 5.74. The fraction of sp³-hybridized carbons (Fsp3) is 0.429. The van der Waals surface area contributed by atoms with E-state index in [2.05, 4.69) is 15.3 Å². The van der Waals surface area contributed by atoms with Crippen LogP contribution in [0.1, 0.15) is 41.9 Å². The molecule has 1 aliphatic carbocycles. The van der Waals surface area contributed by atoms with E-state index in [9.17, 15) is 22.8 Å². The Morgan fingerprint density at radius 3 is 2.73 bits per heavy atom. The lowest BCUT2D eigenvalue weighted by Crippen LogP contribution is -2.52. The quantitative estimate of drug-likeness (QED) is 0.830. The zero-order valence-corrected chi connectivity index (χ0v) is 16.4. The Morgan fingerprint density at radius 1 is 1.23 bits per heavy atom. The maximum Gasteiger partial charge on any atom is 0.270 e. The van der Waals surface area contributed by atoms with Crippen LogP contribution < -0.4 is 10.2 Å². The van der Waals surface area contributed by atoms with Gasteiger partial charge in [0.25, 0.3) is 11.8 Å². The van der Waals surface area contributed by atoms with E-state index in [1.54, 1.807) is 19.1 Å². The van der Waals surface area contributed by atoms with Gasteiger partial charge in [-0.1, -0.05) is 6.07 Å². The molecule has 2 aliphatic rings. The molecule has 0 radical (unpaired) electrons. The lowest BCUT2D eigenvalue weighted by Gasteiger charge is -2.40. The minimum Gasteiger partial charge on any atom is -0.348 e. The number of carbonyl (C=O) groups excluding carboxylic acids is 2. The fourth-order valence-corrected chi connectivity index (χ4v) is 4.49. The van der Waals surface area contributed by atoms with Crippen molar-refractivity contribution in [3.63, 3.8) is 0 Å². The zero-order chi connectivity index (χ0) is 21.5. The summed E-state index contributed by atoms with van der Waals surface area (Å²) in [5, 5.41) is 2.63. The highest BCUT2D eigenvalue weighted by atomic mass is 19.3. The van der Waals surface area contributed by atoms with E-state index in [0.717, 1.165) is 6.20 Å². The van der Waals surface area contributed by atoms with Gasteiger partial charge < -0.3 is 5.32 Å². The first-order chi connectivity index (χ1) is 14.2. The van der Waals surface area contributed by atoms with Gasteiger partial charge in [-0.2, -0.15) is 0 Å². The minimum atomic E-state index is -3.10. The number of amides is 2. The number of hydrogen-bond donors (Lipinski definition) is 1. The van der Waals surface area contributed by atoms with Crippen molar-refractivity contribution in [2.45, 2.75) is 44.6 Å². The van der Waals surface area contributed by atoms with E-state index in [1.165, 1.54) is 23.1 Å². The number of halogens is 3. The Balaban J connectivity index is 1.54. The number of rotatable bonds is 3. The van der Waals surface area contributed by atoms with Crippen LogP contribution >= 0.6 is 0 Å². The van der Waals surface area contributed by atoms with Gasteiger partial charge in [0, 0.05) is 31.1 Å². The Bertz CT molecular complexity index is 982. The van der Waals surface area contributed by atoms with Crippen molar-refractivity contribution in [2.24, 2.45) is 5.41 Å². The number of carbonyl (C=O) groups is 2. The smallest absolute Gasteiger partial charge is 0.270 e. The highest BCUT2D eigenvalue weighted by Gasteiger charge is 2.57. The molecule has 9 heteroatoms. The van der Waals surface area contributed by atoms with Crippen molar-refractivity contribution in [1.82, 2.24) is 15.3 Å². The molecule has 158 valence electrons. The summed E-state index contributed by atoms with van der Waals surface area (Å²) < 4.78 is 42.4. The maximum absolute atomic E-state index is 14.6. The Morgan fingerprint density at radius 2 is 2.03 bits per heavy atom. The largest absolute Gasteiger partial charge is 0.348 e. The van der Waals surface area contributed by atoms with Gasteiger partial charge in [-0.3, -0.25) is 14.5 Å². The summed E-state index contributed by atoms with van der Waals surface area (Å²) in [6.07, 6.45) is 0.202. The first-order valence-electron chi connectivity index (χ1n) is 9.73. The molecule has 2 aromatic heterocycles. The van der Waals surface area contributed by atoms with Crippen LogP contribution in [0.3, 0.4) is 0 Å². The molecule has 4 rings (SSSR count). The van der Waals surface area contributed by atoms with E-state index in [-0.39, 0.29) is 30.9 Å². The number of anilines is 1. The number of nitrogens with one attached hydrogen (secondary N) is 1. The second kappa shape index (κ2) is 7.37. The van der Waals surface area contributed by atoms with Gasteiger partial charge in [-0.15, -0.1) is 0 Å². The molecule has 1 saturated carbocycles. The first kappa shape index (κ1) is 20.3. The fourth-order valence-electron chi connectivity index (χ4n) is 4.49. The minimum absolute atomic E-state index is 0.108. The molecule has 1 N–H and O–H groups in total. The third-order valence-corrected chi connectivity index (χ3v) is 5.74. The van der Waals surface area contributed by atoms with Crippen molar-refractivity contribution < 1.29 is 22.8 Å². The molecule has 0 aromatic carbocycles. The standard InChI is InChI=1S/C21H21F3N4O2/c1-13-3-2-4-16(26-13)18(29)27-15-9-20(12-21(23,24)10-15)7-8-28(19(20)30)17-6-5-14(22)11-25-17/h2-6,11,15H,7-10,12H2,1H3,(H,27,29)/t15-,20+/m0/s1. The summed E-state index contributed by atoms with van der Waals surface area (Å²) in [5.41, 5.74) is -0.509. The maximum atomic E-state index is 14.6. The van der Waals surface area contributed by atoms with E-state index < -0.39 is 47.9 Å². The monoisotopic (exact) mass is 418 g/mol. The topological polar surface area (TPSA) is 75.2 Å². The van der Waals surface area contributed by atoms with Crippen LogP contribution in [0.4, 0.5) is 19.0 Å². The van der Waals surface area contributed by atoms with Gasteiger partial charge >= 0.3 is 0 Å².